The van der Waals surface area contributed by atoms with Crippen molar-refractivity contribution >= 4 is 11.8 Å². The molecular formula is C11H17N3O3. The summed E-state index contributed by atoms with van der Waals surface area (Å²) < 4.78 is 4.98. The number of rotatable bonds is 6. The first kappa shape index (κ1) is 13.4. The fourth-order valence-corrected chi connectivity index (χ4v) is 1.38. The van der Waals surface area contributed by atoms with Crippen LogP contribution in [0.25, 0.3) is 0 Å². The van der Waals surface area contributed by atoms with Gasteiger partial charge in [-0.05, 0) is 6.92 Å². The first-order chi connectivity index (χ1) is 8.02. The largest absolute Gasteiger partial charge is 0.481 e. The van der Waals surface area contributed by atoms with Crippen LogP contribution in [-0.2, 0) is 16.1 Å². The van der Waals surface area contributed by atoms with Crippen LogP contribution in [0.1, 0.15) is 17.9 Å². The lowest BCUT2D eigenvalue weighted by molar-refractivity contribution is -0.136. The Kier molecular flexibility index (Phi) is 4.84. The number of methoxy groups -OCH3 is 1. The molecule has 0 aliphatic rings. The highest BCUT2D eigenvalue weighted by Gasteiger charge is 2.08. The Labute approximate surface area is 100 Å². The molecule has 0 spiro atoms. The average molecular weight is 239 g/mol. The van der Waals surface area contributed by atoms with Gasteiger partial charge in [-0.3, -0.25) is 4.79 Å². The number of hydrogen-bond donors (Lipinski definition) is 1. The SMILES string of the molecule is COCc1nc(C)cc(N(C)CCC(=O)O)n1. The minimum atomic E-state index is -0.820. The summed E-state index contributed by atoms with van der Waals surface area (Å²) in [5.41, 5.74) is 0.837. The summed E-state index contributed by atoms with van der Waals surface area (Å²) >= 11 is 0. The van der Waals surface area contributed by atoms with Crippen molar-refractivity contribution in [3.8, 4) is 0 Å². The molecule has 1 N–H and O–H groups in total. The minimum absolute atomic E-state index is 0.0825. The van der Waals surface area contributed by atoms with E-state index < -0.39 is 5.97 Å². The first-order valence-corrected chi connectivity index (χ1v) is 5.29. The number of hydrogen-bond acceptors (Lipinski definition) is 5. The number of aromatic nitrogens is 2. The molecule has 0 bridgehead atoms. The van der Waals surface area contributed by atoms with Gasteiger partial charge in [0.2, 0.25) is 0 Å². The second-order valence-corrected chi connectivity index (χ2v) is 3.78. The Morgan fingerprint density at radius 3 is 2.82 bits per heavy atom. The lowest BCUT2D eigenvalue weighted by Gasteiger charge is -2.18. The van der Waals surface area contributed by atoms with Gasteiger partial charge < -0.3 is 14.7 Å². The molecule has 0 saturated carbocycles. The third-order valence-electron chi connectivity index (χ3n) is 2.21. The molecule has 6 heteroatoms. The van der Waals surface area contributed by atoms with Crippen LogP contribution in [0.2, 0.25) is 0 Å². The van der Waals surface area contributed by atoms with Crippen LogP contribution >= 0.6 is 0 Å². The van der Waals surface area contributed by atoms with Crippen LogP contribution in [0.5, 0.6) is 0 Å². The van der Waals surface area contributed by atoms with Gasteiger partial charge in [-0.15, -0.1) is 0 Å². The maximum absolute atomic E-state index is 10.5. The van der Waals surface area contributed by atoms with E-state index in [4.69, 9.17) is 9.84 Å². The number of nitrogens with zero attached hydrogens (tertiary/aromatic N) is 3. The molecule has 1 aromatic heterocycles. The standard InChI is InChI=1S/C11H17N3O3/c1-8-6-10(13-9(12-8)7-17-3)14(2)5-4-11(15)16/h6H,4-5,7H2,1-3H3,(H,15,16). The van der Waals surface area contributed by atoms with Crippen LogP contribution in [0.15, 0.2) is 6.07 Å². The molecule has 0 amide bonds. The molecule has 6 nitrogen and oxygen atoms in total. The van der Waals surface area contributed by atoms with E-state index in [0.29, 0.717) is 24.8 Å². The second-order valence-electron chi connectivity index (χ2n) is 3.78. The van der Waals surface area contributed by atoms with Crippen LogP contribution in [0.3, 0.4) is 0 Å². The van der Waals surface area contributed by atoms with Crippen molar-refractivity contribution in [3.63, 3.8) is 0 Å². The maximum Gasteiger partial charge on any atom is 0.305 e. The van der Waals surface area contributed by atoms with Crippen molar-refractivity contribution in [3.05, 3.63) is 17.6 Å². The lowest BCUT2D eigenvalue weighted by atomic mass is 10.3. The van der Waals surface area contributed by atoms with Gasteiger partial charge in [0.15, 0.2) is 5.82 Å². The third-order valence-corrected chi connectivity index (χ3v) is 2.21. The van der Waals surface area contributed by atoms with Crippen molar-refractivity contribution in [2.75, 3.05) is 25.6 Å². The molecule has 0 saturated heterocycles. The Morgan fingerprint density at radius 1 is 1.53 bits per heavy atom. The van der Waals surface area contributed by atoms with E-state index in [2.05, 4.69) is 9.97 Å². The highest BCUT2D eigenvalue weighted by molar-refractivity contribution is 5.67. The van der Waals surface area contributed by atoms with E-state index in [1.165, 1.54) is 0 Å². The summed E-state index contributed by atoms with van der Waals surface area (Å²) in [5.74, 6) is 0.496. The fraction of sp³-hybridized carbons (Fsp3) is 0.545. The Morgan fingerprint density at radius 2 is 2.24 bits per heavy atom. The van der Waals surface area contributed by atoms with Gasteiger partial charge in [-0.2, -0.15) is 0 Å². The summed E-state index contributed by atoms with van der Waals surface area (Å²) in [6, 6.07) is 1.82. The number of carbonyl (C=O) groups is 1. The molecule has 17 heavy (non-hydrogen) atoms. The summed E-state index contributed by atoms with van der Waals surface area (Å²) in [5, 5.41) is 8.62. The number of carboxylic acids is 1. The molecule has 1 heterocycles. The van der Waals surface area contributed by atoms with Crippen LogP contribution in [-0.4, -0.2) is 41.7 Å². The third kappa shape index (κ3) is 4.36. The van der Waals surface area contributed by atoms with Gasteiger partial charge in [-0.25, -0.2) is 9.97 Å². The number of aryl methyl sites for hydroxylation is 1. The van der Waals surface area contributed by atoms with Gasteiger partial charge in [-0.1, -0.05) is 0 Å². The topological polar surface area (TPSA) is 75.5 Å². The first-order valence-electron chi connectivity index (χ1n) is 5.29. The van der Waals surface area contributed by atoms with Crippen LogP contribution in [0.4, 0.5) is 5.82 Å². The van der Waals surface area contributed by atoms with Crippen LogP contribution in [0, 0.1) is 6.92 Å². The van der Waals surface area contributed by atoms with Crippen molar-refractivity contribution in [1.82, 2.24) is 9.97 Å². The average Bonchev–Trinajstić information content (AvgIpc) is 2.25. The molecular weight excluding hydrogens is 222 g/mol. The zero-order valence-corrected chi connectivity index (χ0v) is 10.3. The van der Waals surface area contributed by atoms with E-state index in [9.17, 15) is 4.79 Å². The molecule has 1 rings (SSSR count). The summed E-state index contributed by atoms with van der Waals surface area (Å²) in [6.45, 7) is 2.63. The smallest absolute Gasteiger partial charge is 0.305 e. The zero-order chi connectivity index (χ0) is 12.8. The number of aliphatic carboxylic acids is 1. The van der Waals surface area contributed by atoms with Gasteiger partial charge in [0.05, 0.1) is 6.42 Å². The Hall–Kier alpha value is -1.69. The molecule has 0 aliphatic carbocycles. The number of carboxylic acid groups (broad SMARTS) is 1. The normalized spacial score (nSPS) is 10.3. The lowest BCUT2D eigenvalue weighted by Crippen LogP contribution is -2.22. The predicted molar refractivity (Wildman–Crippen MR) is 63.0 cm³/mol. The molecule has 0 aliphatic heterocycles. The molecule has 0 atom stereocenters. The van der Waals surface area contributed by atoms with Crippen molar-refractivity contribution in [2.24, 2.45) is 0 Å². The monoisotopic (exact) mass is 239 g/mol. The van der Waals surface area contributed by atoms with E-state index in [-0.39, 0.29) is 6.42 Å². The second kappa shape index (κ2) is 6.15. The van der Waals surface area contributed by atoms with E-state index in [1.54, 1.807) is 19.1 Å². The number of ether oxygens (including phenoxy) is 1. The quantitative estimate of drug-likeness (QED) is 0.793. The molecule has 94 valence electrons. The van der Waals surface area contributed by atoms with Gasteiger partial charge >= 0.3 is 5.97 Å². The minimum Gasteiger partial charge on any atom is -0.481 e. The van der Waals surface area contributed by atoms with Gasteiger partial charge in [0, 0.05) is 32.5 Å². The van der Waals surface area contributed by atoms with E-state index in [1.807, 2.05) is 13.0 Å². The molecule has 0 aromatic carbocycles. The highest BCUT2D eigenvalue weighted by atomic mass is 16.5. The van der Waals surface area contributed by atoms with Gasteiger partial charge in [0.25, 0.3) is 0 Å². The molecule has 1 aromatic rings. The van der Waals surface area contributed by atoms with Crippen LogP contribution < -0.4 is 4.90 Å². The summed E-state index contributed by atoms with van der Waals surface area (Å²) in [7, 11) is 3.39. The molecule has 0 fully saturated rings. The molecule has 0 unspecified atom stereocenters. The molecule has 0 radical (unpaired) electrons. The van der Waals surface area contributed by atoms with E-state index >= 15 is 0 Å². The Bertz CT molecular complexity index is 396. The number of anilines is 1. The van der Waals surface area contributed by atoms with E-state index in [0.717, 1.165) is 5.69 Å². The van der Waals surface area contributed by atoms with Crippen molar-refractivity contribution in [1.29, 1.82) is 0 Å². The Balaban J connectivity index is 2.77. The predicted octanol–water partition coefficient (Wildman–Crippen LogP) is 0.842. The summed E-state index contributed by atoms with van der Waals surface area (Å²) in [4.78, 5) is 20.8. The van der Waals surface area contributed by atoms with Crippen molar-refractivity contribution in [2.45, 2.75) is 20.0 Å². The fourth-order valence-electron chi connectivity index (χ4n) is 1.38. The van der Waals surface area contributed by atoms with Gasteiger partial charge in [0.1, 0.15) is 12.4 Å². The zero-order valence-electron chi connectivity index (χ0n) is 10.3. The summed E-state index contributed by atoms with van der Waals surface area (Å²) in [6.07, 6.45) is 0.0825. The van der Waals surface area contributed by atoms with Crippen molar-refractivity contribution < 1.29 is 14.6 Å². The maximum atomic E-state index is 10.5. The highest BCUT2D eigenvalue weighted by Crippen LogP contribution is 2.11.